The van der Waals surface area contributed by atoms with Crippen molar-refractivity contribution in [1.29, 1.82) is 0 Å². The Hall–Kier alpha value is 0.1000. The van der Waals surface area contributed by atoms with E-state index in [0.29, 0.717) is 24.5 Å². The molecule has 0 radical (unpaired) electrons. The molecule has 1 aromatic carbocycles. The van der Waals surface area contributed by atoms with Gasteiger partial charge >= 0.3 is 0 Å². The van der Waals surface area contributed by atoms with Crippen LogP contribution in [0.4, 0.5) is 0 Å². The van der Waals surface area contributed by atoms with Gasteiger partial charge in [-0.25, -0.2) is 0 Å². The van der Waals surface area contributed by atoms with Gasteiger partial charge in [-0.2, -0.15) is 0 Å². The third-order valence-corrected chi connectivity index (χ3v) is 5.60. The summed E-state index contributed by atoms with van der Waals surface area (Å²) in [5.41, 5.74) is 1.28. The summed E-state index contributed by atoms with van der Waals surface area (Å²) in [6, 6.07) is 6.63. The van der Waals surface area contributed by atoms with Gasteiger partial charge in [0, 0.05) is 21.6 Å². The molecule has 0 heterocycles. The minimum atomic E-state index is 0.318. The van der Waals surface area contributed by atoms with Gasteiger partial charge in [0.2, 0.25) is 0 Å². The lowest BCUT2D eigenvalue weighted by Crippen LogP contribution is -2.33. The molecular formula is C16H23Br2NO. The zero-order valence-electron chi connectivity index (χ0n) is 11.9. The Morgan fingerprint density at radius 2 is 1.95 bits per heavy atom. The van der Waals surface area contributed by atoms with Crippen molar-refractivity contribution in [3.8, 4) is 0 Å². The van der Waals surface area contributed by atoms with Crippen molar-refractivity contribution in [2.45, 2.75) is 38.6 Å². The highest BCUT2D eigenvalue weighted by atomic mass is 79.9. The standard InChI is InChI=1S/C16H23Br2NO/c1-11(15-7-6-14(17)8-16(15)18)19-9-12-4-2-3-5-13(12)10-20/h6-8,11-13,19-20H,2-5,9-10H2,1H3. The van der Waals surface area contributed by atoms with E-state index >= 15 is 0 Å². The van der Waals surface area contributed by atoms with E-state index in [9.17, 15) is 5.11 Å². The van der Waals surface area contributed by atoms with Gasteiger partial charge in [-0.05, 0) is 55.8 Å². The van der Waals surface area contributed by atoms with E-state index in [-0.39, 0.29) is 0 Å². The molecule has 112 valence electrons. The molecular weight excluding hydrogens is 382 g/mol. The highest BCUT2D eigenvalue weighted by Crippen LogP contribution is 2.31. The topological polar surface area (TPSA) is 32.3 Å². The van der Waals surface area contributed by atoms with Crippen molar-refractivity contribution in [2.24, 2.45) is 11.8 Å². The molecule has 0 aromatic heterocycles. The molecule has 2 N–H and O–H groups in total. The fourth-order valence-electron chi connectivity index (χ4n) is 3.08. The minimum absolute atomic E-state index is 0.318. The van der Waals surface area contributed by atoms with Crippen molar-refractivity contribution in [1.82, 2.24) is 5.32 Å². The first-order valence-electron chi connectivity index (χ1n) is 7.41. The number of aliphatic hydroxyl groups excluding tert-OH is 1. The van der Waals surface area contributed by atoms with Gasteiger partial charge in [0.15, 0.2) is 0 Å². The summed E-state index contributed by atoms with van der Waals surface area (Å²) < 4.78 is 2.22. The van der Waals surface area contributed by atoms with Crippen molar-refractivity contribution in [3.63, 3.8) is 0 Å². The highest BCUT2D eigenvalue weighted by molar-refractivity contribution is 9.11. The number of hydrogen-bond donors (Lipinski definition) is 2. The molecule has 0 spiro atoms. The van der Waals surface area contributed by atoms with Gasteiger partial charge in [-0.15, -0.1) is 0 Å². The fourth-order valence-corrected chi connectivity index (χ4v) is 4.47. The number of nitrogens with one attached hydrogen (secondary N) is 1. The SMILES string of the molecule is CC(NCC1CCCCC1CO)c1ccc(Br)cc1Br. The van der Waals surface area contributed by atoms with Crippen LogP contribution in [0.1, 0.15) is 44.2 Å². The molecule has 0 bridgehead atoms. The fraction of sp³-hybridized carbons (Fsp3) is 0.625. The molecule has 3 atom stereocenters. The minimum Gasteiger partial charge on any atom is -0.396 e. The van der Waals surface area contributed by atoms with Crippen LogP contribution < -0.4 is 5.32 Å². The van der Waals surface area contributed by atoms with Crippen molar-refractivity contribution < 1.29 is 5.11 Å². The summed E-state index contributed by atoms with van der Waals surface area (Å²) in [5.74, 6) is 1.10. The number of rotatable bonds is 5. The molecule has 1 aliphatic carbocycles. The highest BCUT2D eigenvalue weighted by Gasteiger charge is 2.24. The number of hydrogen-bond acceptors (Lipinski definition) is 2. The van der Waals surface area contributed by atoms with Crippen molar-refractivity contribution in [2.75, 3.05) is 13.2 Å². The normalized spacial score (nSPS) is 24.6. The van der Waals surface area contributed by atoms with E-state index in [1.165, 1.54) is 31.2 Å². The molecule has 0 amide bonds. The molecule has 20 heavy (non-hydrogen) atoms. The first-order valence-corrected chi connectivity index (χ1v) is 8.99. The molecule has 2 rings (SSSR count). The number of halogens is 2. The van der Waals surface area contributed by atoms with E-state index in [0.717, 1.165) is 15.5 Å². The Morgan fingerprint density at radius 3 is 2.60 bits per heavy atom. The van der Waals surface area contributed by atoms with Gasteiger partial charge in [0.1, 0.15) is 0 Å². The zero-order chi connectivity index (χ0) is 14.5. The third-order valence-electron chi connectivity index (χ3n) is 4.42. The molecule has 1 aromatic rings. The van der Waals surface area contributed by atoms with Gasteiger partial charge < -0.3 is 10.4 Å². The first-order chi connectivity index (χ1) is 9.61. The maximum Gasteiger partial charge on any atom is 0.0462 e. The Labute approximate surface area is 138 Å². The maximum absolute atomic E-state index is 9.48. The van der Waals surface area contributed by atoms with Crippen LogP contribution in [-0.4, -0.2) is 18.3 Å². The largest absolute Gasteiger partial charge is 0.396 e. The number of aliphatic hydroxyl groups is 1. The Balaban J connectivity index is 1.92. The second-order valence-electron chi connectivity index (χ2n) is 5.78. The summed E-state index contributed by atoms with van der Waals surface area (Å²) >= 11 is 7.12. The van der Waals surface area contributed by atoms with Gasteiger partial charge in [-0.3, -0.25) is 0 Å². The van der Waals surface area contributed by atoms with E-state index in [1.807, 2.05) is 0 Å². The van der Waals surface area contributed by atoms with E-state index < -0.39 is 0 Å². The first kappa shape index (κ1) is 16.5. The van der Waals surface area contributed by atoms with Crippen molar-refractivity contribution >= 4 is 31.9 Å². The van der Waals surface area contributed by atoms with Crippen LogP contribution in [0.5, 0.6) is 0 Å². The van der Waals surface area contributed by atoms with Crippen LogP contribution in [0.3, 0.4) is 0 Å². The summed E-state index contributed by atoms with van der Waals surface area (Å²) in [5, 5.41) is 13.1. The molecule has 1 aliphatic rings. The van der Waals surface area contributed by atoms with Gasteiger partial charge in [-0.1, -0.05) is 50.8 Å². The van der Waals surface area contributed by atoms with Crippen molar-refractivity contribution in [3.05, 3.63) is 32.7 Å². The Kier molecular flexibility index (Phi) is 6.53. The lowest BCUT2D eigenvalue weighted by molar-refractivity contribution is 0.131. The maximum atomic E-state index is 9.48. The van der Waals surface area contributed by atoms with Crippen LogP contribution >= 0.6 is 31.9 Å². The predicted molar refractivity (Wildman–Crippen MR) is 90.8 cm³/mol. The average molecular weight is 405 g/mol. The van der Waals surface area contributed by atoms with Crippen LogP contribution in [0, 0.1) is 11.8 Å². The molecule has 2 nitrogen and oxygen atoms in total. The zero-order valence-corrected chi connectivity index (χ0v) is 15.1. The summed E-state index contributed by atoms with van der Waals surface area (Å²) in [6.07, 6.45) is 5.00. The van der Waals surface area contributed by atoms with Gasteiger partial charge in [0.05, 0.1) is 0 Å². The number of benzene rings is 1. The van der Waals surface area contributed by atoms with Crippen LogP contribution in [-0.2, 0) is 0 Å². The molecule has 1 fully saturated rings. The lowest BCUT2D eigenvalue weighted by Gasteiger charge is -2.31. The molecule has 4 heteroatoms. The van der Waals surface area contributed by atoms with Crippen LogP contribution in [0.15, 0.2) is 27.1 Å². The second kappa shape index (κ2) is 7.92. The predicted octanol–water partition coefficient (Wildman–Crippen LogP) is 4.66. The summed E-state index contributed by atoms with van der Waals surface area (Å²) in [6.45, 7) is 3.53. The lowest BCUT2D eigenvalue weighted by atomic mass is 9.79. The molecule has 0 saturated heterocycles. The summed E-state index contributed by atoms with van der Waals surface area (Å²) in [4.78, 5) is 0. The Morgan fingerprint density at radius 1 is 1.25 bits per heavy atom. The van der Waals surface area contributed by atoms with Gasteiger partial charge in [0.25, 0.3) is 0 Å². The molecule has 1 saturated carbocycles. The van der Waals surface area contributed by atoms with E-state index in [4.69, 9.17) is 0 Å². The average Bonchev–Trinajstić information content (AvgIpc) is 2.45. The third kappa shape index (κ3) is 4.30. The monoisotopic (exact) mass is 403 g/mol. The quantitative estimate of drug-likeness (QED) is 0.747. The van der Waals surface area contributed by atoms with E-state index in [2.05, 4.69) is 62.3 Å². The van der Waals surface area contributed by atoms with Crippen LogP contribution in [0.2, 0.25) is 0 Å². The Bertz CT molecular complexity index is 438. The second-order valence-corrected chi connectivity index (χ2v) is 7.55. The molecule has 0 aliphatic heterocycles. The summed E-state index contributed by atoms with van der Waals surface area (Å²) in [7, 11) is 0. The molecule has 3 unspecified atom stereocenters. The van der Waals surface area contributed by atoms with Crippen LogP contribution in [0.25, 0.3) is 0 Å². The van der Waals surface area contributed by atoms with E-state index in [1.54, 1.807) is 0 Å². The smallest absolute Gasteiger partial charge is 0.0462 e.